The van der Waals surface area contributed by atoms with Crippen LogP contribution in [-0.2, 0) is 6.54 Å². The molecule has 0 fully saturated rings. The second-order valence-electron chi connectivity index (χ2n) is 9.13. The van der Waals surface area contributed by atoms with Gasteiger partial charge in [-0.1, -0.05) is 96.6 Å². The number of benzene rings is 4. The van der Waals surface area contributed by atoms with Crippen molar-refractivity contribution in [3.05, 3.63) is 138 Å². The molecule has 0 aliphatic rings. The van der Waals surface area contributed by atoms with Crippen LogP contribution in [0.15, 0.2) is 121 Å². The molecule has 0 radical (unpaired) electrons. The van der Waals surface area contributed by atoms with Gasteiger partial charge in [-0.15, -0.1) is 0 Å². The highest BCUT2D eigenvalue weighted by atomic mass is 19.5. The summed E-state index contributed by atoms with van der Waals surface area (Å²) >= 11 is 0. The van der Waals surface area contributed by atoms with Crippen LogP contribution < -0.4 is 4.57 Å². The van der Waals surface area contributed by atoms with Crippen molar-refractivity contribution in [2.45, 2.75) is 20.4 Å². The van der Waals surface area contributed by atoms with Gasteiger partial charge in [0.2, 0.25) is 11.4 Å². The molecular weight excluding hydrogens is 485 g/mol. The number of aromatic nitrogens is 1. The lowest BCUT2D eigenvalue weighted by molar-refractivity contribution is -0.666. The van der Waals surface area contributed by atoms with Gasteiger partial charge in [0.05, 0.1) is 0 Å². The molecule has 0 saturated heterocycles. The van der Waals surface area contributed by atoms with Crippen LogP contribution in [-0.4, -0.2) is 7.25 Å². The maximum absolute atomic E-state index is 9.75. The average Bonchev–Trinajstić information content (AvgIpc) is 2.91. The molecule has 1 nitrogen and oxygen atoms in total. The normalized spacial score (nSPS) is 11.0. The van der Waals surface area contributed by atoms with Gasteiger partial charge in [-0.25, -0.2) is 0 Å². The standard InChI is InChI=1S/C32H28N.BF4/c1-24-18-19-25(2)30(20-24)32-22-29(27-14-8-4-9-15-27)21-31(28-16-10-5-11-17-28)33(32)23-26-12-6-3-7-13-26;2-1(3,4)5/h3-22H,23H2,1-2H3;/q+1;-1. The molecule has 38 heavy (non-hydrogen) atoms. The molecule has 5 rings (SSSR count). The highest BCUT2D eigenvalue weighted by Gasteiger charge is 2.24. The van der Waals surface area contributed by atoms with Crippen molar-refractivity contribution in [1.29, 1.82) is 0 Å². The lowest BCUT2D eigenvalue weighted by Crippen LogP contribution is -2.39. The van der Waals surface area contributed by atoms with Crippen LogP contribution in [0.3, 0.4) is 0 Å². The molecule has 0 aliphatic carbocycles. The summed E-state index contributed by atoms with van der Waals surface area (Å²) in [4.78, 5) is 0. The first-order chi connectivity index (χ1) is 18.2. The van der Waals surface area contributed by atoms with Crippen molar-refractivity contribution in [1.82, 2.24) is 0 Å². The summed E-state index contributed by atoms with van der Waals surface area (Å²) in [5.74, 6) is 0. The highest BCUT2D eigenvalue weighted by molar-refractivity contribution is 6.50. The predicted octanol–water partition coefficient (Wildman–Crippen LogP) is 8.94. The monoisotopic (exact) mass is 513 g/mol. The van der Waals surface area contributed by atoms with E-state index < -0.39 is 7.25 Å². The van der Waals surface area contributed by atoms with Gasteiger partial charge >= 0.3 is 7.25 Å². The summed E-state index contributed by atoms with van der Waals surface area (Å²) in [7, 11) is -6.00. The van der Waals surface area contributed by atoms with Crippen LogP contribution in [0, 0.1) is 13.8 Å². The summed E-state index contributed by atoms with van der Waals surface area (Å²) in [6, 6.07) is 43.6. The number of rotatable bonds is 5. The lowest BCUT2D eigenvalue weighted by atomic mass is 9.96. The van der Waals surface area contributed by atoms with Crippen molar-refractivity contribution in [3.63, 3.8) is 0 Å². The van der Waals surface area contributed by atoms with Crippen molar-refractivity contribution in [2.75, 3.05) is 0 Å². The zero-order valence-corrected chi connectivity index (χ0v) is 21.3. The van der Waals surface area contributed by atoms with Crippen LogP contribution >= 0.6 is 0 Å². The van der Waals surface area contributed by atoms with E-state index in [-0.39, 0.29) is 0 Å². The largest absolute Gasteiger partial charge is 0.673 e. The molecule has 0 bridgehead atoms. The van der Waals surface area contributed by atoms with Crippen LogP contribution in [0.25, 0.3) is 33.6 Å². The third-order valence-electron chi connectivity index (χ3n) is 6.20. The molecule has 0 aliphatic heterocycles. The number of nitrogens with zero attached hydrogens (tertiary/aromatic N) is 1. The molecule has 0 saturated carbocycles. The van der Waals surface area contributed by atoms with Gasteiger partial charge in [-0.2, -0.15) is 4.57 Å². The van der Waals surface area contributed by atoms with Crippen LogP contribution in [0.5, 0.6) is 0 Å². The molecule has 192 valence electrons. The molecule has 0 spiro atoms. The van der Waals surface area contributed by atoms with Crippen molar-refractivity contribution >= 4 is 7.25 Å². The second kappa shape index (κ2) is 11.9. The summed E-state index contributed by atoms with van der Waals surface area (Å²) in [5, 5.41) is 0. The third kappa shape index (κ3) is 7.19. The Morgan fingerprint density at radius 3 is 1.63 bits per heavy atom. The quantitative estimate of drug-likeness (QED) is 0.126. The topological polar surface area (TPSA) is 3.88 Å². The Bertz CT molecular complexity index is 1480. The first-order valence-corrected chi connectivity index (χ1v) is 12.4. The fourth-order valence-electron chi connectivity index (χ4n) is 4.44. The second-order valence-corrected chi connectivity index (χ2v) is 9.13. The molecule has 4 aromatic carbocycles. The Morgan fingerprint density at radius 2 is 1.05 bits per heavy atom. The van der Waals surface area contributed by atoms with E-state index in [0.717, 1.165) is 6.54 Å². The summed E-state index contributed by atoms with van der Waals surface area (Å²) < 4.78 is 41.5. The summed E-state index contributed by atoms with van der Waals surface area (Å²) in [6.07, 6.45) is 0. The minimum absolute atomic E-state index is 0.808. The number of hydrogen-bond donors (Lipinski definition) is 0. The van der Waals surface area contributed by atoms with E-state index in [9.17, 15) is 17.3 Å². The highest BCUT2D eigenvalue weighted by Crippen LogP contribution is 2.31. The zero-order chi connectivity index (χ0) is 27.1. The fourth-order valence-corrected chi connectivity index (χ4v) is 4.44. The molecule has 0 amide bonds. The molecule has 0 N–H and O–H groups in total. The van der Waals surface area contributed by atoms with Crippen LogP contribution in [0.4, 0.5) is 17.3 Å². The Hall–Kier alpha value is -4.19. The Labute approximate surface area is 221 Å². The van der Waals surface area contributed by atoms with E-state index in [4.69, 9.17) is 0 Å². The minimum atomic E-state index is -6.00. The fraction of sp³-hybridized carbons (Fsp3) is 0.0938. The van der Waals surface area contributed by atoms with E-state index in [1.165, 1.54) is 50.3 Å². The van der Waals surface area contributed by atoms with Crippen LogP contribution in [0.1, 0.15) is 16.7 Å². The SMILES string of the molecule is Cc1ccc(C)c(-c2cc(-c3ccccc3)cc(-c3ccccc3)[n+]2Cc2ccccc2)c1.F[B-](F)(F)F. The summed E-state index contributed by atoms with van der Waals surface area (Å²) in [5.41, 5.74) is 11.3. The Morgan fingerprint density at radius 1 is 0.553 bits per heavy atom. The number of pyridine rings is 1. The zero-order valence-electron chi connectivity index (χ0n) is 21.3. The molecule has 5 aromatic rings. The lowest BCUT2D eigenvalue weighted by Gasteiger charge is -2.14. The number of aryl methyl sites for hydroxylation is 2. The van der Waals surface area contributed by atoms with Gasteiger partial charge in [0, 0.05) is 28.8 Å². The average molecular weight is 513 g/mol. The van der Waals surface area contributed by atoms with E-state index >= 15 is 0 Å². The van der Waals surface area contributed by atoms with Crippen molar-refractivity contribution in [3.8, 4) is 33.6 Å². The van der Waals surface area contributed by atoms with Gasteiger partial charge in [-0.05, 0) is 48.7 Å². The minimum Gasteiger partial charge on any atom is -0.418 e. The Balaban J connectivity index is 0.000000617. The number of halogens is 4. The smallest absolute Gasteiger partial charge is 0.418 e. The third-order valence-corrected chi connectivity index (χ3v) is 6.20. The van der Waals surface area contributed by atoms with Gasteiger partial charge < -0.3 is 17.3 Å². The van der Waals surface area contributed by atoms with Crippen molar-refractivity contribution in [2.24, 2.45) is 0 Å². The maximum Gasteiger partial charge on any atom is 0.673 e. The molecule has 1 aromatic heterocycles. The van der Waals surface area contributed by atoms with Gasteiger partial charge in [0.25, 0.3) is 0 Å². The Kier molecular flexibility index (Phi) is 8.42. The number of hydrogen-bond acceptors (Lipinski definition) is 0. The molecule has 6 heteroatoms. The van der Waals surface area contributed by atoms with Gasteiger partial charge in [-0.3, -0.25) is 0 Å². The predicted molar refractivity (Wildman–Crippen MR) is 148 cm³/mol. The molecule has 0 unspecified atom stereocenters. The molecule has 1 heterocycles. The van der Waals surface area contributed by atoms with Gasteiger partial charge in [0.15, 0.2) is 6.54 Å². The molecule has 0 atom stereocenters. The summed E-state index contributed by atoms with van der Waals surface area (Å²) in [6.45, 7) is 5.19. The van der Waals surface area contributed by atoms with E-state index in [0.29, 0.717) is 0 Å². The van der Waals surface area contributed by atoms with E-state index in [2.05, 4.69) is 140 Å². The maximum atomic E-state index is 9.75. The van der Waals surface area contributed by atoms with E-state index in [1.54, 1.807) is 0 Å². The first-order valence-electron chi connectivity index (χ1n) is 12.4. The van der Waals surface area contributed by atoms with Gasteiger partial charge in [0.1, 0.15) is 0 Å². The van der Waals surface area contributed by atoms with Crippen LogP contribution in [0.2, 0.25) is 0 Å². The van der Waals surface area contributed by atoms with E-state index in [1.807, 2.05) is 0 Å². The first kappa shape index (κ1) is 26.9. The van der Waals surface area contributed by atoms with Crippen molar-refractivity contribution < 1.29 is 21.8 Å². The molecular formula is C32H28BF4N.